The van der Waals surface area contributed by atoms with E-state index in [1.165, 1.54) is 10.4 Å². The van der Waals surface area contributed by atoms with Crippen LogP contribution in [0.15, 0.2) is 11.4 Å². The normalized spacial score (nSPS) is 18.8. The van der Waals surface area contributed by atoms with Crippen molar-refractivity contribution in [1.29, 1.82) is 0 Å². The van der Waals surface area contributed by atoms with E-state index in [2.05, 4.69) is 16.8 Å². The van der Waals surface area contributed by atoms with Crippen LogP contribution in [0, 0.1) is 0 Å². The van der Waals surface area contributed by atoms with Crippen LogP contribution in [0.5, 0.6) is 0 Å². The fourth-order valence-electron chi connectivity index (χ4n) is 3.11. The van der Waals surface area contributed by atoms with Gasteiger partial charge >= 0.3 is 6.03 Å². The highest BCUT2D eigenvalue weighted by Crippen LogP contribution is 2.23. The summed E-state index contributed by atoms with van der Waals surface area (Å²) >= 11 is 1.78. The lowest BCUT2D eigenvalue weighted by Gasteiger charge is -2.28. The summed E-state index contributed by atoms with van der Waals surface area (Å²) in [6, 6.07) is 2.09. The molecule has 0 aromatic carbocycles. The van der Waals surface area contributed by atoms with E-state index in [1.54, 1.807) is 11.3 Å². The van der Waals surface area contributed by atoms with Crippen molar-refractivity contribution in [2.24, 2.45) is 0 Å². The monoisotopic (exact) mass is 321 g/mol. The van der Waals surface area contributed by atoms with E-state index in [1.807, 2.05) is 9.80 Å². The van der Waals surface area contributed by atoms with Gasteiger partial charge in [-0.1, -0.05) is 6.42 Å². The van der Waals surface area contributed by atoms with E-state index in [4.69, 9.17) is 0 Å². The molecule has 0 bridgehead atoms. The molecule has 120 valence electrons. The van der Waals surface area contributed by atoms with Crippen LogP contribution in [0.25, 0.3) is 0 Å². The zero-order chi connectivity index (χ0) is 15.4. The third kappa shape index (κ3) is 3.61. The van der Waals surface area contributed by atoms with E-state index in [0.29, 0.717) is 26.1 Å². The van der Waals surface area contributed by atoms with Gasteiger partial charge in [-0.3, -0.25) is 4.79 Å². The second-order valence-electron chi connectivity index (χ2n) is 5.96. The molecule has 22 heavy (non-hydrogen) atoms. The Morgan fingerprint density at radius 1 is 1.23 bits per heavy atom. The van der Waals surface area contributed by atoms with Crippen molar-refractivity contribution in [3.63, 3.8) is 0 Å². The molecular weight excluding hydrogens is 298 g/mol. The summed E-state index contributed by atoms with van der Waals surface area (Å²) in [5.74, 6) is 0.229. The molecule has 3 heterocycles. The van der Waals surface area contributed by atoms with Gasteiger partial charge in [-0.2, -0.15) is 0 Å². The van der Waals surface area contributed by atoms with Crippen LogP contribution in [0.4, 0.5) is 4.79 Å². The Balaban J connectivity index is 1.44. The van der Waals surface area contributed by atoms with Gasteiger partial charge in [0.25, 0.3) is 0 Å². The molecule has 3 rings (SSSR count). The lowest BCUT2D eigenvalue weighted by molar-refractivity contribution is -0.130. The third-order valence-corrected chi connectivity index (χ3v) is 5.45. The number of urea groups is 1. The van der Waals surface area contributed by atoms with Crippen LogP contribution in [0.1, 0.15) is 36.1 Å². The molecule has 1 aromatic rings. The minimum absolute atomic E-state index is 0.0147. The zero-order valence-electron chi connectivity index (χ0n) is 12.8. The average molecular weight is 321 g/mol. The van der Waals surface area contributed by atoms with Gasteiger partial charge in [0, 0.05) is 44.0 Å². The lowest BCUT2D eigenvalue weighted by atomic mass is 10.1. The van der Waals surface area contributed by atoms with Gasteiger partial charge in [0.2, 0.25) is 5.91 Å². The van der Waals surface area contributed by atoms with Crippen molar-refractivity contribution in [3.05, 3.63) is 21.9 Å². The number of amides is 3. The Kier molecular flexibility index (Phi) is 4.97. The molecule has 1 saturated heterocycles. The molecule has 0 spiro atoms. The summed E-state index contributed by atoms with van der Waals surface area (Å²) in [6.07, 6.45) is 4.81. The number of hydrogen-bond acceptors (Lipinski definition) is 3. The van der Waals surface area contributed by atoms with Crippen molar-refractivity contribution in [3.8, 4) is 0 Å². The standard InChI is InChI=1S/C16H23N3O2S/c20-15-4-2-1-3-8-18(15)10-7-17-16(21)19-9-5-14-13(12-19)6-11-22-14/h6,11H,1-5,7-10,12H2,(H,17,21). The number of rotatable bonds is 3. The van der Waals surface area contributed by atoms with E-state index in [0.717, 1.165) is 38.8 Å². The highest BCUT2D eigenvalue weighted by Gasteiger charge is 2.21. The fourth-order valence-corrected chi connectivity index (χ4v) is 4.00. The smallest absolute Gasteiger partial charge is 0.317 e. The number of nitrogens with zero attached hydrogens (tertiary/aromatic N) is 2. The van der Waals surface area contributed by atoms with Crippen LogP contribution >= 0.6 is 11.3 Å². The molecular formula is C16H23N3O2S. The average Bonchev–Trinajstić information content (AvgIpc) is 2.90. The molecule has 3 amide bonds. The largest absolute Gasteiger partial charge is 0.341 e. The number of nitrogens with one attached hydrogen (secondary N) is 1. The van der Waals surface area contributed by atoms with Gasteiger partial charge < -0.3 is 15.1 Å². The number of carbonyl (C=O) groups excluding carboxylic acids is 2. The Morgan fingerprint density at radius 2 is 2.14 bits per heavy atom. The minimum Gasteiger partial charge on any atom is -0.341 e. The molecule has 0 atom stereocenters. The highest BCUT2D eigenvalue weighted by atomic mass is 32.1. The maximum absolute atomic E-state index is 12.2. The first-order valence-electron chi connectivity index (χ1n) is 8.10. The van der Waals surface area contributed by atoms with Crippen molar-refractivity contribution >= 4 is 23.3 Å². The first-order chi connectivity index (χ1) is 10.7. The Bertz CT molecular complexity index is 543. The highest BCUT2D eigenvalue weighted by molar-refractivity contribution is 7.10. The Labute approximate surface area is 135 Å². The maximum Gasteiger partial charge on any atom is 0.317 e. The number of hydrogen-bond donors (Lipinski definition) is 1. The molecule has 0 unspecified atom stereocenters. The van der Waals surface area contributed by atoms with Crippen LogP contribution in [-0.4, -0.2) is 47.9 Å². The maximum atomic E-state index is 12.2. The predicted octanol–water partition coefficient (Wildman–Crippen LogP) is 2.22. The summed E-state index contributed by atoms with van der Waals surface area (Å²) < 4.78 is 0. The molecule has 1 fully saturated rings. The molecule has 0 radical (unpaired) electrons. The second-order valence-corrected chi connectivity index (χ2v) is 6.96. The van der Waals surface area contributed by atoms with Crippen molar-refractivity contribution in [1.82, 2.24) is 15.1 Å². The van der Waals surface area contributed by atoms with Crippen LogP contribution in [0.3, 0.4) is 0 Å². The van der Waals surface area contributed by atoms with Crippen LogP contribution in [0.2, 0.25) is 0 Å². The van der Waals surface area contributed by atoms with Gasteiger partial charge in [-0.05, 0) is 36.3 Å². The van der Waals surface area contributed by atoms with Crippen molar-refractivity contribution in [2.75, 3.05) is 26.2 Å². The number of carbonyl (C=O) groups is 2. The summed E-state index contributed by atoms with van der Waals surface area (Å²) in [5.41, 5.74) is 1.27. The van der Waals surface area contributed by atoms with E-state index in [9.17, 15) is 9.59 Å². The van der Waals surface area contributed by atoms with Crippen molar-refractivity contribution < 1.29 is 9.59 Å². The molecule has 6 heteroatoms. The molecule has 2 aliphatic heterocycles. The molecule has 1 N–H and O–H groups in total. The summed E-state index contributed by atoms with van der Waals surface area (Å²) in [6.45, 7) is 3.48. The Morgan fingerprint density at radius 3 is 3.05 bits per heavy atom. The number of fused-ring (bicyclic) bond motifs is 1. The summed E-state index contributed by atoms with van der Waals surface area (Å²) in [7, 11) is 0. The van der Waals surface area contributed by atoms with Gasteiger partial charge in [0.05, 0.1) is 0 Å². The number of likely N-dealkylation sites (tertiary alicyclic amines) is 1. The summed E-state index contributed by atoms with van der Waals surface area (Å²) in [4.78, 5) is 29.3. The predicted molar refractivity (Wildman–Crippen MR) is 86.9 cm³/mol. The van der Waals surface area contributed by atoms with Gasteiger partial charge in [0.15, 0.2) is 0 Å². The van der Waals surface area contributed by atoms with E-state index < -0.39 is 0 Å². The molecule has 1 aromatic heterocycles. The first-order valence-corrected chi connectivity index (χ1v) is 8.98. The quantitative estimate of drug-likeness (QED) is 0.928. The fraction of sp³-hybridized carbons (Fsp3) is 0.625. The molecule has 0 saturated carbocycles. The van der Waals surface area contributed by atoms with E-state index in [-0.39, 0.29) is 11.9 Å². The topological polar surface area (TPSA) is 52.7 Å². The Hall–Kier alpha value is -1.56. The lowest BCUT2D eigenvalue weighted by Crippen LogP contribution is -2.45. The molecule has 2 aliphatic rings. The van der Waals surface area contributed by atoms with Crippen molar-refractivity contribution in [2.45, 2.75) is 38.6 Å². The SMILES string of the molecule is O=C1CCCCCN1CCNC(=O)N1CCc2sccc2C1. The zero-order valence-corrected chi connectivity index (χ0v) is 13.7. The molecule has 5 nitrogen and oxygen atoms in total. The summed E-state index contributed by atoms with van der Waals surface area (Å²) in [5, 5.41) is 5.05. The first kappa shape index (κ1) is 15.3. The second kappa shape index (κ2) is 7.13. The van der Waals surface area contributed by atoms with Gasteiger partial charge in [-0.15, -0.1) is 11.3 Å². The van der Waals surface area contributed by atoms with Gasteiger partial charge in [-0.25, -0.2) is 4.79 Å². The van der Waals surface area contributed by atoms with Crippen LogP contribution < -0.4 is 5.32 Å². The number of thiophene rings is 1. The van der Waals surface area contributed by atoms with Gasteiger partial charge in [0.1, 0.15) is 0 Å². The third-order valence-electron chi connectivity index (χ3n) is 4.42. The van der Waals surface area contributed by atoms with E-state index >= 15 is 0 Å². The minimum atomic E-state index is -0.0147. The van der Waals surface area contributed by atoms with Crippen LogP contribution in [-0.2, 0) is 17.8 Å². The molecule has 0 aliphatic carbocycles.